The Morgan fingerprint density at radius 1 is 1.00 bits per heavy atom. The van der Waals surface area contributed by atoms with Crippen LogP contribution in [-0.2, 0) is 15.0 Å². The van der Waals surface area contributed by atoms with Crippen molar-refractivity contribution in [3.05, 3.63) is 59.1 Å². The fourth-order valence-corrected chi connectivity index (χ4v) is 3.24. The quantitative estimate of drug-likeness (QED) is 0.867. The maximum absolute atomic E-state index is 12.9. The number of carbonyl (C=O) groups is 2. The fourth-order valence-electron chi connectivity index (χ4n) is 3.05. The van der Waals surface area contributed by atoms with Crippen LogP contribution in [0.3, 0.4) is 0 Å². The van der Waals surface area contributed by atoms with Gasteiger partial charge >= 0.3 is 0 Å². The molecule has 2 aromatic carbocycles. The van der Waals surface area contributed by atoms with Gasteiger partial charge in [-0.1, -0.05) is 30.2 Å². The first kappa shape index (κ1) is 16.5. The van der Waals surface area contributed by atoms with E-state index in [-0.39, 0.29) is 11.8 Å². The fraction of sp³-hybridized carbons (Fsp3) is 0.263. The molecule has 0 atom stereocenters. The van der Waals surface area contributed by atoms with E-state index in [4.69, 9.17) is 11.6 Å². The SMILES string of the molecule is CC(=O)Nc1ccc(NC(=O)C2(c3cccc(Cl)c3)CCC2)cc1. The Morgan fingerprint density at radius 3 is 2.12 bits per heavy atom. The van der Waals surface area contributed by atoms with Crippen molar-refractivity contribution in [3.63, 3.8) is 0 Å². The van der Waals surface area contributed by atoms with Crippen molar-refractivity contribution in [2.75, 3.05) is 10.6 Å². The zero-order valence-electron chi connectivity index (χ0n) is 13.4. The third-order valence-electron chi connectivity index (χ3n) is 4.48. The van der Waals surface area contributed by atoms with Gasteiger partial charge in [-0.25, -0.2) is 0 Å². The predicted octanol–water partition coefficient (Wildman–Crippen LogP) is 4.36. The molecule has 24 heavy (non-hydrogen) atoms. The van der Waals surface area contributed by atoms with Crippen LogP contribution in [0.1, 0.15) is 31.7 Å². The van der Waals surface area contributed by atoms with Crippen LogP contribution < -0.4 is 10.6 Å². The highest BCUT2D eigenvalue weighted by molar-refractivity contribution is 6.30. The molecule has 0 spiro atoms. The summed E-state index contributed by atoms with van der Waals surface area (Å²) in [6.45, 7) is 1.46. The first-order valence-corrected chi connectivity index (χ1v) is 8.33. The van der Waals surface area contributed by atoms with Gasteiger partial charge in [0, 0.05) is 23.3 Å². The molecule has 0 aliphatic heterocycles. The van der Waals surface area contributed by atoms with Gasteiger partial charge in [-0.05, 0) is 54.8 Å². The molecular formula is C19H19ClN2O2. The number of carbonyl (C=O) groups excluding carboxylic acids is 2. The molecule has 0 saturated heterocycles. The van der Waals surface area contributed by atoms with Gasteiger partial charge in [0.15, 0.2) is 0 Å². The third kappa shape index (κ3) is 3.29. The van der Waals surface area contributed by atoms with Crippen LogP contribution in [0.15, 0.2) is 48.5 Å². The molecule has 2 aromatic rings. The number of nitrogens with one attached hydrogen (secondary N) is 2. The van der Waals surface area contributed by atoms with Crippen molar-refractivity contribution in [3.8, 4) is 0 Å². The second-order valence-electron chi connectivity index (χ2n) is 6.16. The van der Waals surface area contributed by atoms with Gasteiger partial charge in [-0.3, -0.25) is 9.59 Å². The molecule has 4 nitrogen and oxygen atoms in total. The number of hydrogen-bond acceptors (Lipinski definition) is 2. The lowest BCUT2D eigenvalue weighted by Crippen LogP contribution is -2.46. The number of hydrogen-bond donors (Lipinski definition) is 2. The maximum Gasteiger partial charge on any atom is 0.235 e. The average Bonchev–Trinajstić information content (AvgIpc) is 2.48. The first-order valence-electron chi connectivity index (χ1n) is 7.95. The summed E-state index contributed by atoms with van der Waals surface area (Å²) in [5.74, 6) is -0.135. The molecule has 3 rings (SSSR count). The van der Waals surface area contributed by atoms with Gasteiger partial charge in [0.2, 0.25) is 11.8 Å². The number of benzene rings is 2. The smallest absolute Gasteiger partial charge is 0.235 e. The van der Waals surface area contributed by atoms with Gasteiger partial charge in [-0.2, -0.15) is 0 Å². The Balaban J connectivity index is 1.77. The van der Waals surface area contributed by atoms with E-state index in [2.05, 4.69) is 10.6 Å². The Kier molecular flexibility index (Phi) is 4.58. The zero-order chi connectivity index (χ0) is 17.2. The van der Waals surface area contributed by atoms with Crippen LogP contribution in [0.4, 0.5) is 11.4 Å². The number of amides is 2. The number of rotatable bonds is 4. The van der Waals surface area contributed by atoms with Crippen LogP contribution in [-0.4, -0.2) is 11.8 Å². The second kappa shape index (κ2) is 6.65. The van der Waals surface area contributed by atoms with Crippen molar-refractivity contribution in [2.45, 2.75) is 31.6 Å². The van der Waals surface area contributed by atoms with E-state index in [0.717, 1.165) is 24.8 Å². The number of halogens is 1. The predicted molar refractivity (Wildman–Crippen MR) is 96.4 cm³/mol. The van der Waals surface area contributed by atoms with Crippen LogP contribution >= 0.6 is 11.6 Å². The summed E-state index contributed by atoms with van der Waals surface area (Å²) in [5, 5.41) is 6.34. The minimum absolute atomic E-state index is 0.0108. The van der Waals surface area contributed by atoms with E-state index in [0.29, 0.717) is 16.4 Å². The van der Waals surface area contributed by atoms with Crippen LogP contribution in [0.25, 0.3) is 0 Å². The normalized spacial score (nSPS) is 15.2. The van der Waals surface area contributed by atoms with Crippen LogP contribution in [0.2, 0.25) is 5.02 Å². The summed E-state index contributed by atoms with van der Waals surface area (Å²) >= 11 is 6.09. The Hall–Kier alpha value is -2.33. The molecule has 1 saturated carbocycles. The standard InChI is InChI=1S/C19H19ClN2O2/c1-13(23)21-16-6-8-17(9-7-16)22-18(24)19(10-3-11-19)14-4-2-5-15(20)12-14/h2,4-9,12H,3,10-11H2,1H3,(H,21,23)(H,22,24). The molecule has 2 N–H and O–H groups in total. The lowest BCUT2D eigenvalue weighted by molar-refractivity contribution is -0.124. The van der Waals surface area contributed by atoms with Crippen molar-refractivity contribution >= 4 is 34.8 Å². The molecule has 0 aromatic heterocycles. The Bertz CT molecular complexity index is 767. The van der Waals surface area contributed by atoms with E-state index in [1.165, 1.54) is 6.92 Å². The van der Waals surface area contributed by atoms with Crippen LogP contribution in [0, 0.1) is 0 Å². The molecular weight excluding hydrogens is 324 g/mol. The van der Waals surface area contributed by atoms with Crippen LogP contribution in [0.5, 0.6) is 0 Å². The molecule has 1 fully saturated rings. The summed E-state index contributed by atoms with van der Waals surface area (Å²) in [6, 6.07) is 14.6. The first-order chi connectivity index (χ1) is 11.5. The molecule has 124 valence electrons. The van der Waals surface area contributed by atoms with Gasteiger partial charge < -0.3 is 10.6 Å². The molecule has 0 bridgehead atoms. The highest BCUT2D eigenvalue weighted by Gasteiger charge is 2.45. The molecule has 2 amide bonds. The Morgan fingerprint density at radius 2 is 1.62 bits per heavy atom. The minimum atomic E-state index is -0.499. The summed E-state index contributed by atoms with van der Waals surface area (Å²) in [4.78, 5) is 23.9. The highest BCUT2D eigenvalue weighted by Crippen LogP contribution is 2.45. The third-order valence-corrected chi connectivity index (χ3v) is 4.72. The van der Waals surface area contributed by atoms with Gasteiger partial charge in [0.05, 0.1) is 5.41 Å². The van der Waals surface area contributed by atoms with E-state index in [1.807, 2.05) is 24.3 Å². The second-order valence-corrected chi connectivity index (χ2v) is 6.60. The molecule has 0 heterocycles. The summed E-state index contributed by atoms with van der Waals surface area (Å²) in [6.07, 6.45) is 2.67. The van der Waals surface area contributed by atoms with Gasteiger partial charge in [0.1, 0.15) is 0 Å². The summed E-state index contributed by atoms with van der Waals surface area (Å²) < 4.78 is 0. The van der Waals surface area contributed by atoms with Crippen molar-refractivity contribution in [1.82, 2.24) is 0 Å². The molecule has 5 heteroatoms. The van der Waals surface area contributed by atoms with Gasteiger partial charge in [-0.15, -0.1) is 0 Å². The summed E-state index contributed by atoms with van der Waals surface area (Å²) in [7, 11) is 0. The molecule has 1 aliphatic carbocycles. The van der Waals surface area contributed by atoms with Gasteiger partial charge in [0.25, 0.3) is 0 Å². The van der Waals surface area contributed by atoms with E-state index in [1.54, 1.807) is 24.3 Å². The summed E-state index contributed by atoms with van der Waals surface area (Å²) in [5.41, 5.74) is 1.88. The highest BCUT2D eigenvalue weighted by atomic mass is 35.5. The topological polar surface area (TPSA) is 58.2 Å². The van der Waals surface area contributed by atoms with E-state index >= 15 is 0 Å². The Labute approximate surface area is 146 Å². The van der Waals surface area contributed by atoms with E-state index in [9.17, 15) is 9.59 Å². The van der Waals surface area contributed by atoms with Crippen molar-refractivity contribution in [2.24, 2.45) is 0 Å². The maximum atomic E-state index is 12.9. The van der Waals surface area contributed by atoms with Crippen molar-refractivity contribution < 1.29 is 9.59 Å². The average molecular weight is 343 g/mol. The molecule has 0 radical (unpaired) electrons. The molecule has 1 aliphatic rings. The largest absolute Gasteiger partial charge is 0.326 e. The monoisotopic (exact) mass is 342 g/mol. The molecule has 0 unspecified atom stereocenters. The minimum Gasteiger partial charge on any atom is -0.326 e. The lowest BCUT2D eigenvalue weighted by atomic mass is 9.64. The number of anilines is 2. The van der Waals surface area contributed by atoms with E-state index < -0.39 is 5.41 Å². The lowest BCUT2D eigenvalue weighted by Gasteiger charge is -2.40. The van der Waals surface area contributed by atoms with Crippen molar-refractivity contribution in [1.29, 1.82) is 0 Å². The zero-order valence-corrected chi connectivity index (χ0v) is 14.2.